The molecule has 0 spiro atoms. The van der Waals surface area contributed by atoms with Gasteiger partial charge in [-0.05, 0) is 33.2 Å². The molecule has 1 aromatic rings. The minimum absolute atomic E-state index is 0.0287. The summed E-state index contributed by atoms with van der Waals surface area (Å²) in [5.74, 6) is -0.0834. The Morgan fingerprint density at radius 2 is 1.94 bits per heavy atom. The van der Waals surface area contributed by atoms with Gasteiger partial charge in [-0.3, -0.25) is 14.3 Å². The van der Waals surface area contributed by atoms with Crippen molar-refractivity contribution in [1.29, 1.82) is 0 Å². The van der Waals surface area contributed by atoms with Gasteiger partial charge < -0.3 is 24.2 Å². The van der Waals surface area contributed by atoms with Gasteiger partial charge in [-0.1, -0.05) is 6.92 Å². The molecule has 11 heteroatoms. The summed E-state index contributed by atoms with van der Waals surface area (Å²) in [5.41, 5.74) is 0.591. The number of carbonyl (C=O) groups excluding carboxylic acids is 2. The molecule has 186 valence electrons. The van der Waals surface area contributed by atoms with E-state index in [9.17, 15) is 18.0 Å². The number of likely N-dealkylation sites (N-methyl/N-ethyl adjacent to an activating group) is 2. The van der Waals surface area contributed by atoms with Crippen molar-refractivity contribution in [1.82, 2.24) is 14.7 Å². The first kappa shape index (κ1) is 26.9. The van der Waals surface area contributed by atoms with Gasteiger partial charge in [0.15, 0.2) is 0 Å². The van der Waals surface area contributed by atoms with Crippen LogP contribution in [0.25, 0.3) is 0 Å². The number of fused-ring (bicyclic) bond motifs is 1. The normalized spacial score (nSPS) is 22.8. The number of ether oxygens (including phenoxy) is 2. The third-order valence-corrected chi connectivity index (χ3v) is 6.13. The lowest BCUT2D eigenvalue weighted by Crippen LogP contribution is -2.50. The molecular weight excluding hydrogens is 448 g/mol. The van der Waals surface area contributed by atoms with Crippen molar-refractivity contribution in [3.63, 3.8) is 0 Å². The Bertz CT molecular complexity index is 952. The zero-order valence-corrected chi connectivity index (χ0v) is 21.3. The average Bonchev–Trinajstić information content (AvgIpc) is 2.70. The number of amides is 2. The number of nitrogens with one attached hydrogen (secondary N) is 1. The molecule has 0 saturated heterocycles. The minimum Gasteiger partial charge on any atom is -0.491 e. The fourth-order valence-corrected chi connectivity index (χ4v) is 4.31. The third-order valence-electron chi connectivity index (χ3n) is 5.52. The Labute approximate surface area is 196 Å². The predicted molar refractivity (Wildman–Crippen MR) is 127 cm³/mol. The lowest BCUT2D eigenvalue weighted by atomic mass is 10.0. The first-order valence-corrected chi connectivity index (χ1v) is 12.7. The van der Waals surface area contributed by atoms with Gasteiger partial charge in [-0.25, -0.2) is 8.42 Å². The molecule has 0 radical (unpaired) electrons. The number of sulfonamides is 1. The van der Waals surface area contributed by atoms with Crippen LogP contribution < -0.4 is 9.46 Å². The maximum absolute atomic E-state index is 13.2. The molecule has 1 aliphatic rings. The van der Waals surface area contributed by atoms with E-state index in [1.165, 1.54) is 18.2 Å². The van der Waals surface area contributed by atoms with E-state index in [1.807, 2.05) is 32.8 Å². The Hall–Kier alpha value is -2.37. The van der Waals surface area contributed by atoms with Crippen LogP contribution in [0.5, 0.6) is 5.75 Å². The Balaban J connectivity index is 2.47. The van der Waals surface area contributed by atoms with E-state index in [-0.39, 0.29) is 54.5 Å². The maximum Gasteiger partial charge on any atom is 0.257 e. The third kappa shape index (κ3) is 7.58. The molecule has 0 fully saturated rings. The highest BCUT2D eigenvalue weighted by Crippen LogP contribution is 2.27. The van der Waals surface area contributed by atoms with Gasteiger partial charge in [0, 0.05) is 39.2 Å². The van der Waals surface area contributed by atoms with Crippen LogP contribution in [0.4, 0.5) is 5.69 Å². The summed E-state index contributed by atoms with van der Waals surface area (Å²) in [5, 5.41) is 0. The second kappa shape index (κ2) is 11.2. The highest BCUT2D eigenvalue weighted by atomic mass is 32.2. The molecule has 10 nitrogen and oxygen atoms in total. The molecule has 1 heterocycles. The smallest absolute Gasteiger partial charge is 0.257 e. The molecule has 33 heavy (non-hydrogen) atoms. The summed E-state index contributed by atoms with van der Waals surface area (Å²) < 4.78 is 37.4. The Kier molecular flexibility index (Phi) is 9.10. The first-order chi connectivity index (χ1) is 15.3. The van der Waals surface area contributed by atoms with E-state index in [4.69, 9.17) is 9.47 Å². The molecule has 3 atom stereocenters. The Morgan fingerprint density at radius 1 is 1.27 bits per heavy atom. The topological polar surface area (TPSA) is 108 Å². The van der Waals surface area contributed by atoms with Crippen LogP contribution in [-0.4, -0.2) is 108 Å². The van der Waals surface area contributed by atoms with E-state index >= 15 is 0 Å². The van der Waals surface area contributed by atoms with Crippen molar-refractivity contribution in [3.05, 3.63) is 23.8 Å². The largest absolute Gasteiger partial charge is 0.491 e. The van der Waals surface area contributed by atoms with Gasteiger partial charge >= 0.3 is 0 Å². The predicted octanol–water partition coefficient (Wildman–Crippen LogP) is 0.952. The van der Waals surface area contributed by atoms with Crippen LogP contribution in [0.3, 0.4) is 0 Å². The molecule has 0 aliphatic carbocycles. The van der Waals surface area contributed by atoms with Crippen molar-refractivity contribution >= 4 is 27.5 Å². The number of benzene rings is 1. The lowest BCUT2D eigenvalue weighted by molar-refractivity contribution is -0.136. The summed E-state index contributed by atoms with van der Waals surface area (Å²) in [7, 11) is 3.45. The maximum atomic E-state index is 13.2. The number of hydrogen-bond donors (Lipinski definition) is 1. The fraction of sp³-hybridized carbons (Fsp3) is 0.636. The van der Waals surface area contributed by atoms with Crippen LogP contribution in [0, 0.1) is 5.92 Å². The summed E-state index contributed by atoms with van der Waals surface area (Å²) in [6, 6.07) is 4.26. The average molecular weight is 485 g/mol. The van der Waals surface area contributed by atoms with Gasteiger partial charge in [-0.15, -0.1) is 0 Å². The van der Waals surface area contributed by atoms with Crippen molar-refractivity contribution in [2.24, 2.45) is 5.92 Å². The monoisotopic (exact) mass is 484 g/mol. The molecule has 0 saturated carbocycles. The fourth-order valence-electron chi connectivity index (χ4n) is 3.76. The van der Waals surface area contributed by atoms with Crippen molar-refractivity contribution in [2.45, 2.75) is 26.0 Å². The van der Waals surface area contributed by atoms with Crippen LogP contribution in [-0.2, 0) is 19.6 Å². The summed E-state index contributed by atoms with van der Waals surface area (Å²) in [6.07, 6.45) is 0.769. The molecule has 1 aromatic carbocycles. The summed E-state index contributed by atoms with van der Waals surface area (Å²) in [6.45, 7) is 5.05. The van der Waals surface area contributed by atoms with E-state index in [0.717, 1.165) is 6.26 Å². The Morgan fingerprint density at radius 3 is 2.52 bits per heavy atom. The van der Waals surface area contributed by atoms with Crippen molar-refractivity contribution in [2.75, 3.05) is 65.5 Å². The summed E-state index contributed by atoms with van der Waals surface area (Å²) in [4.78, 5) is 31.3. The molecule has 1 N–H and O–H groups in total. The summed E-state index contributed by atoms with van der Waals surface area (Å²) >= 11 is 0. The number of anilines is 1. The van der Waals surface area contributed by atoms with Gasteiger partial charge in [0.05, 0.1) is 36.2 Å². The number of nitrogens with zero attached hydrogens (tertiary/aromatic N) is 3. The number of methoxy groups -OCH3 is 1. The molecule has 1 aliphatic heterocycles. The molecular formula is C22H36N4O6S. The van der Waals surface area contributed by atoms with Gasteiger partial charge in [0.25, 0.3) is 5.91 Å². The van der Waals surface area contributed by atoms with E-state index in [1.54, 1.807) is 24.0 Å². The first-order valence-electron chi connectivity index (χ1n) is 10.8. The standard InChI is InChI=1S/C22H36N4O6S/c1-15-11-26(21(27)13-24(3)4)16(2)14-32-19-10-17(23-33(7,29)30)8-9-18(19)22(28)25(5)12-20(15)31-6/h8-10,15-16,20,23H,11-14H2,1-7H3/t15-,16+,20+/m0/s1. The van der Waals surface area contributed by atoms with Crippen molar-refractivity contribution < 1.29 is 27.5 Å². The quantitative estimate of drug-likeness (QED) is 0.663. The second-order valence-electron chi connectivity index (χ2n) is 8.97. The minimum atomic E-state index is -3.50. The van der Waals surface area contributed by atoms with Gasteiger partial charge in [0.2, 0.25) is 15.9 Å². The van der Waals surface area contributed by atoms with E-state index in [0.29, 0.717) is 18.7 Å². The van der Waals surface area contributed by atoms with E-state index in [2.05, 4.69) is 4.72 Å². The van der Waals surface area contributed by atoms with Gasteiger partial charge in [-0.2, -0.15) is 0 Å². The van der Waals surface area contributed by atoms with Crippen molar-refractivity contribution in [3.8, 4) is 5.75 Å². The number of carbonyl (C=O) groups is 2. The van der Waals surface area contributed by atoms with Crippen LogP contribution in [0.15, 0.2) is 18.2 Å². The molecule has 2 rings (SSSR count). The van der Waals surface area contributed by atoms with Crippen LogP contribution in [0.1, 0.15) is 24.2 Å². The molecule has 0 unspecified atom stereocenters. The zero-order valence-electron chi connectivity index (χ0n) is 20.5. The number of hydrogen-bond acceptors (Lipinski definition) is 7. The second-order valence-corrected chi connectivity index (χ2v) is 10.7. The SMILES string of the molecule is CO[C@@H]1CN(C)C(=O)c2ccc(NS(C)(=O)=O)cc2OC[C@@H](C)N(C(=O)CN(C)C)C[C@@H]1C. The van der Waals surface area contributed by atoms with Crippen LogP contribution in [0.2, 0.25) is 0 Å². The van der Waals surface area contributed by atoms with E-state index < -0.39 is 10.0 Å². The lowest BCUT2D eigenvalue weighted by Gasteiger charge is -2.36. The molecule has 0 aromatic heterocycles. The van der Waals surface area contributed by atoms with Crippen LogP contribution >= 0.6 is 0 Å². The zero-order chi connectivity index (χ0) is 24.9. The molecule has 0 bridgehead atoms. The van der Waals surface area contributed by atoms with Gasteiger partial charge in [0.1, 0.15) is 12.4 Å². The highest BCUT2D eigenvalue weighted by Gasteiger charge is 2.30. The highest BCUT2D eigenvalue weighted by molar-refractivity contribution is 7.92. The number of rotatable bonds is 5. The molecule has 2 amide bonds.